The minimum atomic E-state index is -0.466. The zero-order valence-electron chi connectivity index (χ0n) is 19.5. The summed E-state index contributed by atoms with van der Waals surface area (Å²) in [5.74, 6) is 0.572. The first-order chi connectivity index (χ1) is 15.8. The maximum atomic E-state index is 13.0. The van der Waals surface area contributed by atoms with Crippen LogP contribution in [-0.2, 0) is 12.0 Å². The second-order valence-electron chi connectivity index (χ2n) is 9.26. The molecule has 4 rings (SSSR count). The molecule has 0 spiro atoms. The number of hydrogen-bond acceptors (Lipinski definition) is 7. The SMILES string of the molecule is CN(C)CCn1cc(C(=O)CC(=N)C(C)(c2ccc(-c3cnc(N)nc3)cc2)C2CC2)cn1. The van der Waals surface area contributed by atoms with Gasteiger partial charge in [-0.1, -0.05) is 24.3 Å². The molecule has 3 aromatic rings. The number of nitrogens with zero attached hydrogens (tertiary/aromatic N) is 5. The Morgan fingerprint density at radius 2 is 1.82 bits per heavy atom. The minimum Gasteiger partial charge on any atom is -0.368 e. The molecule has 1 aliphatic carbocycles. The lowest BCUT2D eigenvalue weighted by Gasteiger charge is -2.31. The lowest BCUT2D eigenvalue weighted by molar-refractivity contribution is 0.0998. The quantitative estimate of drug-likeness (QED) is 0.365. The molecule has 1 aromatic carbocycles. The van der Waals surface area contributed by atoms with Crippen LogP contribution in [0.15, 0.2) is 49.1 Å². The summed E-state index contributed by atoms with van der Waals surface area (Å²) in [6.45, 7) is 3.67. The molecule has 1 saturated carbocycles. The topological polar surface area (TPSA) is 114 Å². The first-order valence-electron chi connectivity index (χ1n) is 11.2. The van der Waals surface area contributed by atoms with E-state index in [0.29, 0.717) is 17.2 Å². The molecule has 1 atom stereocenters. The molecule has 1 fully saturated rings. The fourth-order valence-corrected chi connectivity index (χ4v) is 4.19. The predicted molar refractivity (Wildman–Crippen MR) is 129 cm³/mol. The van der Waals surface area contributed by atoms with E-state index < -0.39 is 5.41 Å². The van der Waals surface area contributed by atoms with Gasteiger partial charge in [0.2, 0.25) is 5.95 Å². The largest absolute Gasteiger partial charge is 0.368 e. The zero-order chi connectivity index (χ0) is 23.6. The summed E-state index contributed by atoms with van der Waals surface area (Å²) >= 11 is 0. The van der Waals surface area contributed by atoms with E-state index in [-0.39, 0.29) is 18.2 Å². The number of carbonyl (C=O) groups excluding carboxylic acids is 1. The first kappa shape index (κ1) is 22.8. The van der Waals surface area contributed by atoms with Gasteiger partial charge in [-0.2, -0.15) is 5.10 Å². The maximum absolute atomic E-state index is 13.0. The number of nitrogens with one attached hydrogen (secondary N) is 1. The second kappa shape index (κ2) is 9.23. The van der Waals surface area contributed by atoms with E-state index in [2.05, 4.69) is 39.0 Å². The lowest BCUT2D eigenvalue weighted by Crippen LogP contribution is -2.36. The van der Waals surface area contributed by atoms with Crippen molar-refractivity contribution in [2.75, 3.05) is 26.4 Å². The van der Waals surface area contributed by atoms with Crippen molar-refractivity contribution in [1.29, 1.82) is 5.41 Å². The van der Waals surface area contributed by atoms with Gasteiger partial charge in [0, 0.05) is 48.2 Å². The van der Waals surface area contributed by atoms with Crippen molar-refractivity contribution in [2.24, 2.45) is 5.92 Å². The highest BCUT2D eigenvalue weighted by Gasteiger charge is 2.46. The van der Waals surface area contributed by atoms with Gasteiger partial charge in [-0.25, -0.2) is 9.97 Å². The summed E-state index contributed by atoms with van der Waals surface area (Å²) in [5, 5.41) is 13.2. The van der Waals surface area contributed by atoms with E-state index in [9.17, 15) is 4.79 Å². The Morgan fingerprint density at radius 1 is 1.15 bits per heavy atom. The highest BCUT2D eigenvalue weighted by atomic mass is 16.1. The summed E-state index contributed by atoms with van der Waals surface area (Å²) in [6.07, 6.45) is 9.06. The number of hydrogen-bond donors (Lipinski definition) is 2. The van der Waals surface area contributed by atoms with Crippen LogP contribution >= 0.6 is 0 Å². The van der Waals surface area contributed by atoms with Crippen molar-refractivity contribution in [3.8, 4) is 11.1 Å². The number of carbonyl (C=O) groups is 1. The summed E-state index contributed by atoms with van der Waals surface area (Å²) < 4.78 is 1.79. The van der Waals surface area contributed by atoms with Gasteiger partial charge in [-0.3, -0.25) is 9.48 Å². The number of rotatable bonds is 10. The summed E-state index contributed by atoms with van der Waals surface area (Å²) in [5.41, 5.74) is 9.09. The molecule has 0 radical (unpaired) electrons. The minimum absolute atomic E-state index is 0.0568. The predicted octanol–water partition coefficient (Wildman–Crippen LogP) is 3.44. The molecule has 0 saturated heterocycles. The van der Waals surface area contributed by atoms with Crippen LogP contribution in [0.25, 0.3) is 11.1 Å². The van der Waals surface area contributed by atoms with Crippen molar-refractivity contribution < 1.29 is 4.79 Å². The van der Waals surface area contributed by atoms with Gasteiger partial charge in [0.25, 0.3) is 0 Å². The summed E-state index contributed by atoms with van der Waals surface area (Å²) in [4.78, 5) is 23.2. The molecular formula is C25H31N7O. The molecule has 3 N–H and O–H groups in total. The Hall–Kier alpha value is -3.39. The molecule has 2 aromatic heterocycles. The Kier molecular flexibility index (Phi) is 6.37. The summed E-state index contributed by atoms with van der Waals surface area (Å²) in [7, 11) is 4.01. The molecule has 2 heterocycles. The lowest BCUT2D eigenvalue weighted by atomic mass is 9.72. The third-order valence-electron chi connectivity index (χ3n) is 6.58. The number of ketones is 1. The number of Topliss-reactive ketones (excluding diaryl/α,β-unsaturated/α-hetero) is 1. The van der Waals surface area contributed by atoms with Crippen LogP contribution in [-0.4, -0.2) is 56.8 Å². The third-order valence-corrected chi connectivity index (χ3v) is 6.58. The molecule has 172 valence electrons. The fraction of sp³-hybridized carbons (Fsp3) is 0.400. The molecule has 1 unspecified atom stereocenters. The van der Waals surface area contributed by atoms with Crippen molar-refractivity contribution in [3.05, 3.63) is 60.2 Å². The maximum Gasteiger partial charge on any atom is 0.219 e. The van der Waals surface area contributed by atoms with Gasteiger partial charge in [-0.05, 0) is 50.9 Å². The molecule has 1 aliphatic rings. The van der Waals surface area contributed by atoms with E-state index in [1.807, 2.05) is 26.2 Å². The van der Waals surface area contributed by atoms with E-state index in [1.165, 1.54) is 0 Å². The molecule has 8 nitrogen and oxygen atoms in total. The zero-order valence-corrected chi connectivity index (χ0v) is 19.5. The van der Waals surface area contributed by atoms with Crippen molar-refractivity contribution in [3.63, 3.8) is 0 Å². The molecule has 0 bridgehead atoms. The van der Waals surface area contributed by atoms with Gasteiger partial charge >= 0.3 is 0 Å². The normalized spacial score (nSPS) is 15.4. The number of aromatic nitrogens is 4. The van der Waals surface area contributed by atoms with Gasteiger partial charge in [0.15, 0.2) is 5.78 Å². The molecule has 33 heavy (non-hydrogen) atoms. The third kappa shape index (κ3) is 5.01. The number of benzene rings is 1. The van der Waals surface area contributed by atoms with Crippen LogP contribution in [0.1, 0.15) is 42.1 Å². The highest BCUT2D eigenvalue weighted by molar-refractivity contribution is 6.12. The molecule has 0 aliphatic heterocycles. The van der Waals surface area contributed by atoms with E-state index >= 15 is 0 Å². The van der Waals surface area contributed by atoms with E-state index in [0.717, 1.165) is 42.6 Å². The molecule has 8 heteroatoms. The summed E-state index contributed by atoms with van der Waals surface area (Å²) in [6, 6.07) is 8.16. The standard InChI is InChI=1S/C25H31N7O/c1-25(21-8-9-21,20-6-4-17(5-7-20)18-13-28-24(27)29-14-18)23(26)12-22(33)19-15-30-32(16-19)11-10-31(2)3/h4-7,13-16,21,26H,8-12H2,1-3H3,(H2,27,28,29). The highest BCUT2D eigenvalue weighted by Crippen LogP contribution is 2.48. The average molecular weight is 446 g/mol. The Labute approximate surface area is 194 Å². The first-order valence-corrected chi connectivity index (χ1v) is 11.2. The van der Waals surface area contributed by atoms with Crippen LogP contribution < -0.4 is 5.73 Å². The van der Waals surface area contributed by atoms with Crippen LogP contribution in [0.3, 0.4) is 0 Å². The van der Waals surface area contributed by atoms with Gasteiger partial charge in [-0.15, -0.1) is 0 Å². The monoisotopic (exact) mass is 445 g/mol. The van der Waals surface area contributed by atoms with Crippen LogP contribution in [0.4, 0.5) is 5.95 Å². The molecular weight excluding hydrogens is 414 g/mol. The van der Waals surface area contributed by atoms with Crippen LogP contribution in [0.2, 0.25) is 0 Å². The Balaban J connectivity index is 1.49. The van der Waals surface area contributed by atoms with E-state index in [1.54, 1.807) is 29.5 Å². The van der Waals surface area contributed by atoms with Crippen molar-refractivity contribution in [1.82, 2.24) is 24.6 Å². The van der Waals surface area contributed by atoms with Crippen molar-refractivity contribution >= 4 is 17.4 Å². The van der Waals surface area contributed by atoms with Crippen LogP contribution in [0.5, 0.6) is 0 Å². The average Bonchev–Trinajstić information content (AvgIpc) is 3.55. The second-order valence-corrected chi connectivity index (χ2v) is 9.26. The van der Waals surface area contributed by atoms with Gasteiger partial charge < -0.3 is 16.0 Å². The van der Waals surface area contributed by atoms with Gasteiger partial charge in [0.1, 0.15) is 0 Å². The Morgan fingerprint density at radius 3 is 2.42 bits per heavy atom. The number of likely N-dealkylation sites (N-methyl/N-ethyl adjacent to an activating group) is 1. The van der Waals surface area contributed by atoms with E-state index in [4.69, 9.17) is 11.1 Å². The van der Waals surface area contributed by atoms with Crippen LogP contribution in [0, 0.1) is 11.3 Å². The molecule has 0 amide bonds. The number of nitrogens with two attached hydrogens (primary N) is 1. The number of nitrogen functional groups attached to an aromatic ring is 1. The van der Waals surface area contributed by atoms with Crippen molar-refractivity contribution in [2.45, 2.75) is 38.1 Å². The fourth-order valence-electron chi connectivity index (χ4n) is 4.19. The smallest absolute Gasteiger partial charge is 0.219 e. The van der Waals surface area contributed by atoms with Gasteiger partial charge in [0.05, 0.1) is 18.3 Å². The number of anilines is 1. The Bertz CT molecular complexity index is 1130.